The van der Waals surface area contributed by atoms with E-state index >= 15 is 0 Å². The fraction of sp³-hybridized carbons (Fsp3) is 0.103. The summed E-state index contributed by atoms with van der Waals surface area (Å²) in [6.45, 7) is 9.25. The Kier molecular flexibility index (Phi) is 5.60. The summed E-state index contributed by atoms with van der Waals surface area (Å²) < 4.78 is 4.41. The highest BCUT2D eigenvalue weighted by molar-refractivity contribution is 5.90. The van der Waals surface area contributed by atoms with Gasteiger partial charge >= 0.3 is 0 Å². The van der Waals surface area contributed by atoms with Crippen LogP contribution in [0.15, 0.2) is 111 Å². The Bertz CT molecular complexity index is 1430. The molecule has 5 rings (SSSR count). The molecule has 0 amide bonds. The third-order valence-corrected chi connectivity index (χ3v) is 6.35. The van der Waals surface area contributed by atoms with Gasteiger partial charge in [-0.15, -0.1) is 13.2 Å². The van der Waals surface area contributed by atoms with Crippen molar-refractivity contribution in [2.45, 2.75) is 19.0 Å². The molecule has 5 heteroatoms. The SMILES string of the molecule is C=CCn1cc(C(c2ccc([N+](=O)[O-])cc2)c2cn(CC=C)c3ccccc23)c2ccccc21. The standard InChI is InChI=1S/C29H25N3O2/c1-3-17-30-19-25(23-9-5-7-11-27(23)30)29(21-13-15-22(16-14-21)32(33)34)26-20-31(18-4-2)28-12-8-6-10-24(26)28/h3-16,19-20,29H,1-2,17-18H2. The molecule has 0 unspecified atom stereocenters. The van der Waals surface area contributed by atoms with Gasteiger partial charge in [-0.25, -0.2) is 0 Å². The molecule has 0 atom stereocenters. The molecule has 0 saturated heterocycles. The van der Waals surface area contributed by atoms with Crippen molar-refractivity contribution in [2.24, 2.45) is 0 Å². The highest BCUT2D eigenvalue weighted by Crippen LogP contribution is 2.41. The Morgan fingerprint density at radius 3 is 1.68 bits per heavy atom. The summed E-state index contributed by atoms with van der Waals surface area (Å²) in [7, 11) is 0. The van der Waals surface area contributed by atoms with Crippen molar-refractivity contribution in [3.05, 3.63) is 137 Å². The smallest absolute Gasteiger partial charge is 0.269 e. The first-order valence-corrected chi connectivity index (χ1v) is 11.2. The molecule has 5 aromatic rings. The lowest BCUT2D eigenvalue weighted by Gasteiger charge is -2.17. The summed E-state index contributed by atoms with van der Waals surface area (Å²) in [4.78, 5) is 10.9. The van der Waals surface area contributed by atoms with Gasteiger partial charge < -0.3 is 9.13 Å². The lowest BCUT2D eigenvalue weighted by atomic mass is 9.84. The normalized spacial score (nSPS) is 11.3. The average molecular weight is 448 g/mol. The maximum absolute atomic E-state index is 11.3. The molecule has 0 aliphatic heterocycles. The van der Waals surface area contributed by atoms with Crippen molar-refractivity contribution in [2.75, 3.05) is 0 Å². The quantitative estimate of drug-likeness (QED) is 0.145. The van der Waals surface area contributed by atoms with Crippen LogP contribution < -0.4 is 0 Å². The van der Waals surface area contributed by atoms with Gasteiger partial charge in [0.25, 0.3) is 5.69 Å². The zero-order valence-electron chi connectivity index (χ0n) is 18.8. The van der Waals surface area contributed by atoms with Gasteiger partial charge in [0, 0.05) is 65.3 Å². The summed E-state index contributed by atoms with van der Waals surface area (Å²) in [5.41, 5.74) is 5.69. The number of nitro groups is 1. The van der Waals surface area contributed by atoms with Crippen molar-refractivity contribution in [1.82, 2.24) is 9.13 Å². The Morgan fingerprint density at radius 1 is 0.765 bits per heavy atom. The van der Waals surface area contributed by atoms with Crippen molar-refractivity contribution >= 4 is 27.5 Å². The van der Waals surface area contributed by atoms with Gasteiger partial charge in [0.05, 0.1) is 4.92 Å². The Morgan fingerprint density at radius 2 is 1.24 bits per heavy atom. The zero-order valence-corrected chi connectivity index (χ0v) is 18.8. The van der Waals surface area contributed by atoms with E-state index in [1.165, 1.54) is 0 Å². The van der Waals surface area contributed by atoms with E-state index in [1.807, 2.05) is 36.4 Å². The summed E-state index contributed by atoms with van der Waals surface area (Å²) in [5, 5.41) is 13.6. The van der Waals surface area contributed by atoms with Gasteiger partial charge in [0.15, 0.2) is 0 Å². The fourth-order valence-corrected chi connectivity index (χ4v) is 4.91. The topological polar surface area (TPSA) is 53.0 Å². The Hall–Kier alpha value is -4.38. The number of allylic oxidation sites excluding steroid dienone is 2. The molecule has 0 spiro atoms. The van der Waals surface area contributed by atoms with Crippen molar-refractivity contribution in [1.29, 1.82) is 0 Å². The highest BCUT2D eigenvalue weighted by atomic mass is 16.6. The van der Waals surface area contributed by atoms with Crippen LogP contribution in [0.25, 0.3) is 21.8 Å². The maximum Gasteiger partial charge on any atom is 0.269 e. The van der Waals surface area contributed by atoms with Crippen LogP contribution in [0.3, 0.4) is 0 Å². The molecule has 0 aliphatic carbocycles. The molecule has 2 aromatic heterocycles. The number of para-hydroxylation sites is 2. The monoisotopic (exact) mass is 447 g/mol. The van der Waals surface area contributed by atoms with E-state index < -0.39 is 0 Å². The second-order valence-corrected chi connectivity index (χ2v) is 8.37. The summed E-state index contributed by atoms with van der Waals surface area (Å²) in [6, 6.07) is 23.7. The van der Waals surface area contributed by atoms with Crippen LogP contribution in [-0.2, 0) is 13.1 Å². The number of hydrogen-bond donors (Lipinski definition) is 0. The summed E-state index contributed by atoms with van der Waals surface area (Å²) in [6.07, 6.45) is 8.18. The van der Waals surface area contributed by atoms with Gasteiger partial charge in [-0.05, 0) is 28.8 Å². The molecule has 168 valence electrons. The first-order chi connectivity index (χ1) is 16.6. The number of aromatic nitrogens is 2. The third kappa shape index (κ3) is 3.61. The molecule has 0 aliphatic rings. The number of nitrogens with zero attached hydrogens (tertiary/aromatic N) is 3. The molecule has 34 heavy (non-hydrogen) atoms. The first-order valence-electron chi connectivity index (χ1n) is 11.2. The second-order valence-electron chi connectivity index (χ2n) is 8.37. The molecule has 0 radical (unpaired) electrons. The molecule has 5 nitrogen and oxygen atoms in total. The lowest BCUT2D eigenvalue weighted by molar-refractivity contribution is -0.384. The molecule has 3 aromatic carbocycles. The van der Waals surface area contributed by atoms with E-state index in [2.05, 4.69) is 71.1 Å². The van der Waals surface area contributed by atoms with Crippen LogP contribution in [0.1, 0.15) is 22.6 Å². The van der Waals surface area contributed by atoms with Crippen molar-refractivity contribution in [3.63, 3.8) is 0 Å². The van der Waals surface area contributed by atoms with E-state index in [9.17, 15) is 10.1 Å². The Balaban J connectivity index is 1.81. The van der Waals surface area contributed by atoms with Gasteiger partial charge in [-0.3, -0.25) is 10.1 Å². The van der Waals surface area contributed by atoms with Gasteiger partial charge in [-0.1, -0.05) is 60.7 Å². The summed E-state index contributed by atoms with van der Waals surface area (Å²) in [5.74, 6) is -0.104. The van der Waals surface area contributed by atoms with Crippen LogP contribution in [0, 0.1) is 10.1 Å². The van der Waals surface area contributed by atoms with E-state index in [4.69, 9.17) is 0 Å². The number of rotatable bonds is 8. The minimum absolute atomic E-state index is 0.0886. The van der Waals surface area contributed by atoms with Crippen LogP contribution in [0.2, 0.25) is 0 Å². The highest BCUT2D eigenvalue weighted by Gasteiger charge is 2.25. The molecule has 2 heterocycles. The molecule has 0 fully saturated rings. The van der Waals surface area contributed by atoms with Crippen LogP contribution in [-0.4, -0.2) is 14.1 Å². The van der Waals surface area contributed by atoms with Crippen molar-refractivity contribution in [3.8, 4) is 0 Å². The molecule has 0 saturated carbocycles. The third-order valence-electron chi connectivity index (χ3n) is 6.35. The Labute approximate surface area is 198 Å². The predicted molar refractivity (Wildman–Crippen MR) is 138 cm³/mol. The molecule has 0 N–H and O–H groups in total. The molecular weight excluding hydrogens is 422 g/mol. The zero-order chi connectivity index (χ0) is 23.7. The number of fused-ring (bicyclic) bond motifs is 2. The maximum atomic E-state index is 11.3. The van der Waals surface area contributed by atoms with Gasteiger partial charge in [-0.2, -0.15) is 0 Å². The van der Waals surface area contributed by atoms with Gasteiger partial charge in [0.1, 0.15) is 0 Å². The van der Waals surface area contributed by atoms with E-state index in [0.29, 0.717) is 13.1 Å². The minimum Gasteiger partial charge on any atom is -0.343 e. The molecule has 0 bridgehead atoms. The first kappa shape index (κ1) is 21.5. The number of hydrogen-bond acceptors (Lipinski definition) is 2. The molecular formula is C29H25N3O2. The van der Waals surface area contributed by atoms with Crippen molar-refractivity contribution < 1.29 is 4.92 Å². The minimum atomic E-state index is -0.356. The summed E-state index contributed by atoms with van der Waals surface area (Å²) >= 11 is 0. The van der Waals surface area contributed by atoms with Crippen LogP contribution in [0.5, 0.6) is 0 Å². The lowest BCUT2D eigenvalue weighted by Crippen LogP contribution is -2.03. The fourth-order valence-electron chi connectivity index (χ4n) is 4.91. The van der Waals surface area contributed by atoms with Gasteiger partial charge in [0.2, 0.25) is 0 Å². The second kappa shape index (κ2) is 8.87. The van der Waals surface area contributed by atoms with E-state index in [-0.39, 0.29) is 16.5 Å². The largest absolute Gasteiger partial charge is 0.343 e. The number of non-ortho nitro benzene ring substituents is 1. The van der Waals surface area contributed by atoms with E-state index in [1.54, 1.807) is 12.1 Å². The van der Waals surface area contributed by atoms with E-state index in [0.717, 1.165) is 38.5 Å². The average Bonchev–Trinajstić information content (AvgIpc) is 3.40. The van der Waals surface area contributed by atoms with Crippen LogP contribution >= 0.6 is 0 Å². The predicted octanol–water partition coefficient (Wildman–Crippen LogP) is 7.06. The number of nitro benzene ring substituents is 1. The number of benzene rings is 3. The van der Waals surface area contributed by atoms with Crippen LogP contribution in [0.4, 0.5) is 5.69 Å².